The highest BCUT2D eigenvalue weighted by molar-refractivity contribution is 7.99. The van der Waals surface area contributed by atoms with Crippen LogP contribution in [-0.2, 0) is 16.1 Å². The standard InChI is InChI=1S/C16H20N6O2S/c1-11-19-16(21-20-11)25-6-5-18-15(24)13-7-14(23)22(10-13)9-12-3-2-4-17-8-12/h2-4,8,13H,5-7,9-10H2,1H3,(H,18,24)(H,19,20,21). The Hall–Kier alpha value is -2.42. The van der Waals surface area contributed by atoms with Crippen LogP contribution in [0.15, 0.2) is 29.7 Å². The molecule has 8 nitrogen and oxygen atoms in total. The van der Waals surface area contributed by atoms with Crippen molar-refractivity contribution >= 4 is 23.6 Å². The van der Waals surface area contributed by atoms with Gasteiger partial charge in [0.25, 0.3) is 0 Å². The van der Waals surface area contributed by atoms with E-state index in [9.17, 15) is 9.59 Å². The van der Waals surface area contributed by atoms with Crippen LogP contribution in [0.4, 0.5) is 0 Å². The average molecular weight is 360 g/mol. The van der Waals surface area contributed by atoms with Crippen molar-refractivity contribution in [3.63, 3.8) is 0 Å². The van der Waals surface area contributed by atoms with Gasteiger partial charge in [0.05, 0.1) is 5.92 Å². The highest BCUT2D eigenvalue weighted by Crippen LogP contribution is 2.20. The zero-order valence-electron chi connectivity index (χ0n) is 13.9. The summed E-state index contributed by atoms with van der Waals surface area (Å²) in [5.41, 5.74) is 0.968. The van der Waals surface area contributed by atoms with Crippen LogP contribution in [0, 0.1) is 12.8 Å². The lowest BCUT2D eigenvalue weighted by Crippen LogP contribution is -2.34. The molecular weight excluding hydrogens is 340 g/mol. The third kappa shape index (κ3) is 4.79. The summed E-state index contributed by atoms with van der Waals surface area (Å²) in [6.45, 7) is 3.31. The van der Waals surface area contributed by atoms with E-state index >= 15 is 0 Å². The lowest BCUT2D eigenvalue weighted by molar-refractivity contribution is -0.129. The summed E-state index contributed by atoms with van der Waals surface area (Å²) in [6.07, 6.45) is 3.70. The quantitative estimate of drug-likeness (QED) is 0.558. The van der Waals surface area contributed by atoms with E-state index in [1.165, 1.54) is 11.8 Å². The van der Waals surface area contributed by atoms with Crippen LogP contribution in [0.2, 0.25) is 0 Å². The van der Waals surface area contributed by atoms with Crippen molar-refractivity contribution in [3.8, 4) is 0 Å². The number of nitrogens with one attached hydrogen (secondary N) is 2. The van der Waals surface area contributed by atoms with Gasteiger partial charge >= 0.3 is 0 Å². The van der Waals surface area contributed by atoms with E-state index in [2.05, 4.69) is 25.5 Å². The van der Waals surface area contributed by atoms with Gasteiger partial charge in [0.1, 0.15) is 5.82 Å². The van der Waals surface area contributed by atoms with Gasteiger partial charge in [-0.05, 0) is 18.6 Å². The van der Waals surface area contributed by atoms with Crippen LogP contribution < -0.4 is 5.32 Å². The fourth-order valence-electron chi connectivity index (χ4n) is 2.66. The number of likely N-dealkylation sites (tertiary alicyclic amines) is 1. The van der Waals surface area contributed by atoms with Gasteiger partial charge in [-0.2, -0.15) is 0 Å². The minimum absolute atomic E-state index is 0.00887. The smallest absolute Gasteiger partial charge is 0.225 e. The van der Waals surface area contributed by atoms with Crippen molar-refractivity contribution in [1.82, 2.24) is 30.4 Å². The van der Waals surface area contributed by atoms with Crippen molar-refractivity contribution in [2.24, 2.45) is 5.92 Å². The predicted octanol–water partition coefficient (Wildman–Crippen LogP) is 0.765. The van der Waals surface area contributed by atoms with Crippen LogP contribution in [0.5, 0.6) is 0 Å². The van der Waals surface area contributed by atoms with Gasteiger partial charge in [0, 0.05) is 44.2 Å². The maximum atomic E-state index is 12.3. The molecule has 1 aliphatic rings. The normalized spacial score (nSPS) is 17.1. The molecule has 1 atom stereocenters. The molecule has 25 heavy (non-hydrogen) atoms. The Morgan fingerprint density at radius 1 is 1.52 bits per heavy atom. The van der Waals surface area contributed by atoms with Crippen LogP contribution >= 0.6 is 11.8 Å². The molecule has 0 saturated carbocycles. The number of hydrogen-bond acceptors (Lipinski definition) is 6. The molecule has 0 aromatic carbocycles. The maximum Gasteiger partial charge on any atom is 0.225 e. The Morgan fingerprint density at radius 3 is 3.12 bits per heavy atom. The van der Waals surface area contributed by atoms with Gasteiger partial charge < -0.3 is 10.2 Å². The molecule has 2 aromatic heterocycles. The molecule has 1 unspecified atom stereocenters. The first kappa shape index (κ1) is 17.4. The number of aryl methyl sites for hydroxylation is 1. The minimum Gasteiger partial charge on any atom is -0.355 e. The number of thioether (sulfide) groups is 1. The number of H-pyrrole nitrogens is 1. The number of aromatic amines is 1. The second kappa shape index (κ2) is 8.11. The van der Waals surface area contributed by atoms with E-state index in [0.29, 0.717) is 30.5 Å². The molecule has 2 N–H and O–H groups in total. The number of pyridine rings is 1. The van der Waals surface area contributed by atoms with E-state index in [1.807, 2.05) is 19.1 Å². The Balaban J connectivity index is 1.41. The largest absolute Gasteiger partial charge is 0.355 e. The molecule has 9 heteroatoms. The molecule has 0 bridgehead atoms. The highest BCUT2D eigenvalue weighted by atomic mass is 32.2. The van der Waals surface area contributed by atoms with Gasteiger partial charge in [-0.15, -0.1) is 5.10 Å². The second-order valence-electron chi connectivity index (χ2n) is 5.88. The maximum absolute atomic E-state index is 12.3. The van der Waals surface area contributed by atoms with Crippen molar-refractivity contribution < 1.29 is 9.59 Å². The van der Waals surface area contributed by atoms with E-state index in [4.69, 9.17) is 0 Å². The Labute approximate surface area is 149 Å². The number of aromatic nitrogens is 4. The number of rotatable bonds is 7. The zero-order chi connectivity index (χ0) is 17.6. The molecule has 3 heterocycles. The highest BCUT2D eigenvalue weighted by Gasteiger charge is 2.34. The van der Waals surface area contributed by atoms with Crippen LogP contribution in [-0.4, -0.2) is 55.7 Å². The fraction of sp³-hybridized carbons (Fsp3) is 0.438. The molecular formula is C16H20N6O2S. The third-order valence-corrected chi connectivity index (χ3v) is 4.74. The molecule has 1 aliphatic heterocycles. The predicted molar refractivity (Wildman–Crippen MR) is 92.6 cm³/mol. The molecule has 2 amide bonds. The van der Waals surface area contributed by atoms with E-state index in [-0.39, 0.29) is 24.2 Å². The Bertz CT molecular complexity index is 735. The fourth-order valence-corrected chi connectivity index (χ4v) is 3.36. The van der Waals surface area contributed by atoms with Crippen LogP contribution in [0.1, 0.15) is 17.8 Å². The SMILES string of the molecule is Cc1nc(SCCNC(=O)C2CC(=O)N(Cc3cccnc3)C2)n[nH]1. The summed E-state index contributed by atoms with van der Waals surface area (Å²) in [5, 5.41) is 10.4. The average Bonchev–Trinajstić information content (AvgIpc) is 3.18. The second-order valence-corrected chi connectivity index (χ2v) is 6.94. The van der Waals surface area contributed by atoms with Gasteiger partial charge in [-0.1, -0.05) is 17.8 Å². The van der Waals surface area contributed by atoms with Gasteiger partial charge in [0.15, 0.2) is 0 Å². The van der Waals surface area contributed by atoms with E-state index < -0.39 is 0 Å². The molecule has 0 aliphatic carbocycles. The summed E-state index contributed by atoms with van der Waals surface area (Å²) in [5.74, 6) is 1.09. The first-order valence-electron chi connectivity index (χ1n) is 8.08. The minimum atomic E-state index is -0.292. The van der Waals surface area contributed by atoms with Crippen molar-refractivity contribution in [3.05, 3.63) is 35.9 Å². The van der Waals surface area contributed by atoms with E-state index in [0.717, 1.165) is 11.4 Å². The molecule has 1 saturated heterocycles. The van der Waals surface area contributed by atoms with Crippen molar-refractivity contribution in [1.29, 1.82) is 0 Å². The Kier molecular flexibility index (Phi) is 5.64. The van der Waals surface area contributed by atoms with Gasteiger partial charge in [-0.25, -0.2) is 4.98 Å². The zero-order valence-corrected chi connectivity index (χ0v) is 14.8. The number of carbonyl (C=O) groups excluding carboxylic acids is 2. The lowest BCUT2D eigenvalue weighted by Gasteiger charge is -2.16. The summed E-state index contributed by atoms with van der Waals surface area (Å²) in [4.78, 5) is 34.3. The van der Waals surface area contributed by atoms with Gasteiger partial charge in [-0.3, -0.25) is 19.7 Å². The first-order valence-corrected chi connectivity index (χ1v) is 9.06. The number of hydrogen-bond donors (Lipinski definition) is 2. The lowest BCUT2D eigenvalue weighted by atomic mass is 10.1. The van der Waals surface area contributed by atoms with Crippen LogP contribution in [0.25, 0.3) is 0 Å². The number of amides is 2. The molecule has 0 spiro atoms. The summed E-state index contributed by atoms with van der Waals surface area (Å²) < 4.78 is 0. The Morgan fingerprint density at radius 2 is 2.40 bits per heavy atom. The monoisotopic (exact) mass is 360 g/mol. The summed E-state index contributed by atoms with van der Waals surface area (Å²) in [6, 6.07) is 3.77. The topological polar surface area (TPSA) is 104 Å². The van der Waals surface area contributed by atoms with Crippen molar-refractivity contribution in [2.45, 2.75) is 25.0 Å². The molecule has 132 valence electrons. The van der Waals surface area contributed by atoms with Crippen molar-refractivity contribution in [2.75, 3.05) is 18.8 Å². The molecule has 2 aromatic rings. The molecule has 3 rings (SSSR count). The summed E-state index contributed by atoms with van der Waals surface area (Å²) >= 11 is 1.48. The first-order chi connectivity index (χ1) is 12.1. The van der Waals surface area contributed by atoms with Crippen LogP contribution in [0.3, 0.4) is 0 Å². The molecule has 1 fully saturated rings. The number of carbonyl (C=O) groups is 2. The van der Waals surface area contributed by atoms with Gasteiger partial charge in [0.2, 0.25) is 17.0 Å². The molecule has 0 radical (unpaired) electrons. The number of nitrogens with zero attached hydrogens (tertiary/aromatic N) is 4. The third-order valence-electron chi connectivity index (χ3n) is 3.89. The van der Waals surface area contributed by atoms with E-state index in [1.54, 1.807) is 17.3 Å². The summed E-state index contributed by atoms with van der Waals surface area (Å²) in [7, 11) is 0.